The Bertz CT molecular complexity index is 484. The molecule has 1 atom stereocenters. The van der Waals surface area contributed by atoms with E-state index in [9.17, 15) is 0 Å². The molecule has 2 aliphatic rings. The molecule has 3 rings (SSSR count). The van der Waals surface area contributed by atoms with Gasteiger partial charge in [-0.2, -0.15) is 0 Å². The van der Waals surface area contributed by atoms with Gasteiger partial charge in [-0.05, 0) is 17.7 Å². The van der Waals surface area contributed by atoms with Crippen LogP contribution in [0.4, 0.5) is 0 Å². The lowest BCUT2D eigenvalue weighted by molar-refractivity contribution is -0.0261. The van der Waals surface area contributed by atoms with Gasteiger partial charge in [0.25, 0.3) is 0 Å². The number of rotatable bonds is 3. The van der Waals surface area contributed by atoms with Crippen molar-refractivity contribution < 1.29 is 14.2 Å². The fraction of sp³-hybridized carbons (Fsp3) is 0.571. The highest BCUT2D eigenvalue weighted by Gasteiger charge is 2.21. The lowest BCUT2D eigenvalue weighted by Gasteiger charge is -2.32. The van der Waals surface area contributed by atoms with Gasteiger partial charge in [0.15, 0.2) is 11.5 Å². The molecule has 6 heteroatoms. The monoisotopic (exact) mass is 342 g/mol. The largest absolute Gasteiger partial charge is 0.486 e. The van der Waals surface area contributed by atoms with Crippen LogP contribution in [0.5, 0.6) is 11.5 Å². The first-order valence-electron chi connectivity index (χ1n) is 6.88. The van der Waals surface area contributed by atoms with E-state index in [1.807, 2.05) is 6.07 Å². The first-order chi connectivity index (χ1) is 9.76. The minimum Gasteiger partial charge on any atom is -0.486 e. The molecule has 0 radical (unpaired) electrons. The first kappa shape index (κ1) is 14.1. The van der Waals surface area contributed by atoms with E-state index in [2.05, 4.69) is 26.9 Å². The van der Waals surface area contributed by atoms with E-state index in [-0.39, 0.29) is 6.10 Å². The molecule has 0 aromatic heterocycles. The summed E-state index contributed by atoms with van der Waals surface area (Å²) in [5.41, 5.74) is 6.88. The lowest BCUT2D eigenvalue weighted by Crippen LogP contribution is -2.45. The summed E-state index contributed by atoms with van der Waals surface area (Å²) >= 11 is 3.62. The van der Waals surface area contributed by atoms with Gasteiger partial charge >= 0.3 is 0 Å². The molecule has 110 valence electrons. The van der Waals surface area contributed by atoms with Crippen LogP contribution in [-0.4, -0.2) is 50.5 Å². The van der Waals surface area contributed by atoms with Gasteiger partial charge in [-0.25, -0.2) is 0 Å². The number of morpholine rings is 1. The Kier molecular flexibility index (Phi) is 4.45. The van der Waals surface area contributed by atoms with Crippen LogP contribution in [0.2, 0.25) is 0 Å². The molecule has 0 aliphatic carbocycles. The van der Waals surface area contributed by atoms with Gasteiger partial charge in [-0.1, -0.05) is 15.9 Å². The van der Waals surface area contributed by atoms with E-state index in [1.54, 1.807) is 0 Å². The SMILES string of the molecule is NCC1CN(Cc2cc3c(cc2Br)OCCO3)CCO1. The van der Waals surface area contributed by atoms with Crippen LogP contribution in [0, 0.1) is 0 Å². The molecule has 1 fully saturated rings. The summed E-state index contributed by atoms with van der Waals surface area (Å²) in [7, 11) is 0. The van der Waals surface area contributed by atoms with Crippen LogP contribution in [0.15, 0.2) is 16.6 Å². The quantitative estimate of drug-likeness (QED) is 0.899. The third kappa shape index (κ3) is 3.09. The third-order valence-corrected chi connectivity index (χ3v) is 4.33. The highest BCUT2D eigenvalue weighted by Crippen LogP contribution is 2.36. The van der Waals surface area contributed by atoms with Crippen LogP contribution in [-0.2, 0) is 11.3 Å². The van der Waals surface area contributed by atoms with Crippen molar-refractivity contribution in [3.63, 3.8) is 0 Å². The third-order valence-electron chi connectivity index (χ3n) is 3.59. The molecule has 0 saturated carbocycles. The second-order valence-electron chi connectivity index (χ2n) is 5.05. The van der Waals surface area contributed by atoms with Crippen LogP contribution < -0.4 is 15.2 Å². The van der Waals surface area contributed by atoms with E-state index < -0.39 is 0 Å². The maximum atomic E-state index is 5.68. The van der Waals surface area contributed by atoms with E-state index in [4.69, 9.17) is 19.9 Å². The molecule has 1 unspecified atom stereocenters. The maximum Gasteiger partial charge on any atom is 0.162 e. The van der Waals surface area contributed by atoms with Crippen molar-refractivity contribution in [2.24, 2.45) is 5.73 Å². The van der Waals surface area contributed by atoms with Crippen molar-refractivity contribution in [1.82, 2.24) is 4.90 Å². The van der Waals surface area contributed by atoms with Crippen LogP contribution in [0.3, 0.4) is 0 Å². The number of fused-ring (bicyclic) bond motifs is 1. The summed E-state index contributed by atoms with van der Waals surface area (Å²) in [6.07, 6.45) is 0.139. The highest BCUT2D eigenvalue weighted by atomic mass is 79.9. The summed E-state index contributed by atoms with van der Waals surface area (Å²) in [5, 5.41) is 0. The van der Waals surface area contributed by atoms with E-state index in [0.717, 1.165) is 42.2 Å². The first-order valence-corrected chi connectivity index (χ1v) is 7.67. The maximum absolute atomic E-state index is 5.68. The fourth-order valence-corrected chi connectivity index (χ4v) is 2.98. The normalized spacial score (nSPS) is 22.8. The van der Waals surface area contributed by atoms with Crippen molar-refractivity contribution in [2.45, 2.75) is 12.6 Å². The van der Waals surface area contributed by atoms with Gasteiger partial charge in [-0.15, -0.1) is 0 Å². The van der Waals surface area contributed by atoms with Crippen LogP contribution in [0.25, 0.3) is 0 Å². The average molecular weight is 343 g/mol. The van der Waals surface area contributed by atoms with E-state index in [0.29, 0.717) is 19.8 Å². The standard InChI is InChI=1S/C14H19BrN2O3/c15-12-6-14-13(19-3-4-20-14)5-10(12)8-17-1-2-18-11(7-16)9-17/h5-6,11H,1-4,7-9,16H2. The second-order valence-corrected chi connectivity index (χ2v) is 5.91. The number of nitrogens with zero attached hydrogens (tertiary/aromatic N) is 1. The summed E-state index contributed by atoms with van der Waals surface area (Å²) in [6.45, 7) is 5.19. The molecule has 5 nitrogen and oxygen atoms in total. The van der Waals surface area contributed by atoms with Gasteiger partial charge in [0.1, 0.15) is 13.2 Å². The Morgan fingerprint density at radius 3 is 2.70 bits per heavy atom. The summed E-state index contributed by atoms with van der Waals surface area (Å²) in [6, 6.07) is 4.05. The predicted octanol–water partition coefficient (Wildman–Crippen LogP) is 1.38. The number of benzene rings is 1. The Morgan fingerprint density at radius 2 is 1.95 bits per heavy atom. The van der Waals surface area contributed by atoms with Crippen molar-refractivity contribution in [3.8, 4) is 11.5 Å². The van der Waals surface area contributed by atoms with Crippen LogP contribution >= 0.6 is 15.9 Å². The van der Waals surface area contributed by atoms with Crippen molar-refractivity contribution in [3.05, 3.63) is 22.2 Å². The highest BCUT2D eigenvalue weighted by molar-refractivity contribution is 9.10. The second kappa shape index (κ2) is 6.30. The zero-order chi connectivity index (χ0) is 13.9. The summed E-state index contributed by atoms with van der Waals surface area (Å²) < 4.78 is 17.9. The molecule has 2 aliphatic heterocycles. The molecule has 2 N–H and O–H groups in total. The number of nitrogens with two attached hydrogens (primary N) is 1. The number of ether oxygens (including phenoxy) is 3. The van der Waals surface area contributed by atoms with E-state index in [1.165, 1.54) is 5.56 Å². The molecule has 2 heterocycles. The Hall–Kier alpha value is -0.820. The zero-order valence-electron chi connectivity index (χ0n) is 11.3. The van der Waals surface area contributed by atoms with Crippen molar-refractivity contribution in [2.75, 3.05) is 39.5 Å². The molecule has 0 spiro atoms. The smallest absolute Gasteiger partial charge is 0.162 e. The minimum absolute atomic E-state index is 0.139. The Morgan fingerprint density at radius 1 is 1.20 bits per heavy atom. The van der Waals surface area contributed by atoms with Gasteiger partial charge < -0.3 is 19.9 Å². The summed E-state index contributed by atoms with van der Waals surface area (Å²) in [5.74, 6) is 1.65. The minimum atomic E-state index is 0.139. The molecule has 1 aromatic rings. The molecule has 20 heavy (non-hydrogen) atoms. The van der Waals surface area contributed by atoms with Crippen molar-refractivity contribution in [1.29, 1.82) is 0 Å². The zero-order valence-corrected chi connectivity index (χ0v) is 12.9. The Labute approximate surface area is 127 Å². The molecule has 0 bridgehead atoms. The van der Waals surface area contributed by atoms with Crippen LogP contribution in [0.1, 0.15) is 5.56 Å². The molecular formula is C14H19BrN2O3. The van der Waals surface area contributed by atoms with Gasteiger partial charge in [0.2, 0.25) is 0 Å². The number of halogens is 1. The van der Waals surface area contributed by atoms with Crippen molar-refractivity contribution >= 4 is 15.9 Å². The average Bonchev–Trinajstić information content (AvgIpc) is 2.48. The topological polar surface area (TPSA) is 57.0 Å². The predicted molar refractivity (Wildman–Crippen MR) is 79.2 cm³/mol. The molecule has 0 amide bonds. The Balaban J connectivity index is 1.73. The number of hydrogen-bond acceptors (Lipinski definition) is 5. The molecule has 1 saturated heterocycles. The summed E-state index contributed by atoms with van der Waals surface area (Å²) in [4.78, 5) is 2.36. The van der Waals surface area contributed by atoms with Gasteiger partial charge in [0, 0.05) is 30.7 Å². The van der Waals surface area contributed by atoms with E-state index >= 15 is 0 Å². The number of hydrogen-bond donors (Lipinski definition) is 1. The van der Waals surface area contributed by atoms with Gasteiger partial charge in [-0.3, -0.25) is 4.90 Å². The fourth-order valence-electron chi connectivity index (χ4n) is 2.53. The van der Waals surface area contributed by atoms with Gasteiger partial charge in [0.05, 0.1) is 12.7 Å². The lowest BCUT2D eigenvalue weighted by atomic mass is 10.1. The molecule has 1 aromatic carbocycles. The molecular weight excluding hydrogens is 324 g/mol.